The van der Waals surface area contributed by atoms with Gasteiger partial charge in [-0.3, -0.25) is 0 Å². The van der Waals surface area contributed by atoms with Gasteiger partial charge in [0, 0.05) is 0 Å². The van der Waals surface area contributed by atoms with Crippen molar-refractivity contribution in [3.63, 3.8) is 0 Å². The summed E-state index contributed by atoms with van der Waals surface area (Å²) in [6, 6.07) is 10.3. The molecule has 0 aliphatic carbocycles. The maximum atomic E-state index is 8.68. The van der Waals surface area contributed by atoms with Gasteiger partial charge in [-0.2, -0.15) is 0 Å². The normalized spacial score (nSPS) is 9.31. The Labute approximate surface area is 86.1 Å². The summed E-state index contributed by atoms with van der Waals surface area (Å²) >= 11 is -3.76. The molecule has 0 heterocycles. The fourth-order valence-corrected chi connectivity index (χ4v) is 0.811. The average Bonchev–Trinajstić information content (AvgIpc) is 2.06. The zero-order valence-corrected chi connectivity index (χ0v) is 9.18. The van der Waals surface area contributed by atoms with Crippen LogP contribution in [0.4, 0.5) is 0 Å². The van der Waals surface area contributed by atoms with E-state index in [4.69, 9.17) is 16.0 Å². The highest BCUT2D eigenvalue weighted by Crippen LogP contribution is 1.96. The molecule has 4 nitrogen and oxygen atoms in total. The number of hydrogen-bond acceptors (Lipinski definition) is 4. The van der Waals surface area contributed by atoms with Crippen molar-refractivity contribution in [1.82, 2.24) is 0 Å². The van der Waals surface area contributed by atoms with Crippen molar-refractivity contribution in [3.8, 4) is 0 Å². The summed E-state index contributed by atoms with van der Waals surface area (Å²) in [5, 5.41) is 0. The van der Waals surface area contributed by atoms with E-state index in [0.29, 0.717) is 0 Å². The molecule has 0 atom stereocenters. The quantitative estimate of drug-likeness (QED) is 0.536. The Morgan fingerprint density at radius 1 is 1.23 bits per heavy atom. The Balaban J connectivity index is 0.000000310. The number of benzene rings is 1. The van der Waals surface area contributed by atoms with Gasteiger partial charge in [0.2, 0.25) is 0 Å². The molecule has 1 aromatic rings. The molecule has 0 unspecified atom stereocenters. The number of rotatable bonds is 2. The van der Waals surface area contributed by atoms with Crippen molar-refractivity contribution in [2.24, 2.45) is 5.73 Å². The minimum atomic E-state index is -3.76. The van der Waals surface area contributed by atoms with Crippen LogP contribution in [-0.4, -0.2) is 9.98 Å². The SMILES string of the molecule is NCCc1ccccc1.[O-][I+2]([O-])O. The van der Waals surface area contributed by atoms with Gasteiger partial charge in [-0.15, -0.1) is 0 Å². The molecule has 13 heavy (non-hydrogen) atoms. The predicted molar refractivity (Wildman–Crippen MR) is 41.4 cm³/mol. The second kappa shape index (κ2) is 8.39. The summed E-state index contributed by atoms with van der Waals surface area (Å²) in [4.78, 5) is 0. The van der Waals surface area contributed by atoms with E-state index in [0.717, 1.165) is 13.0 Å². The van der Waals surface area contributed by atoms with Gasteiger partial charge in [0.1, 0.15) is 0 Å². The minimum Gasteiger partial charge on any atom is -0.396 e. The van der Waals surface area contributed by atoms with Crippen LogP contribution in [0.5, 0.6) is 0 Å². The molecule has 74 valence electrons. The van der Waals surface area contributed by atoms with Crippen LogP contribution in [0, 0.1) is 0 Å². The monoisotopic (exact) mass is 297 g/mol. The van der Waals surface area contributed by atoms with E-state index in [9.17, 15) is 0 Å². The summed E-state index contributed by atoms with van der Waals surface area (Å²) in [5.41, 5.74) is 6.68. The smallest absolute Gasteiger partial charge is 0.396 e. The molecule has 0 amide bonds. The molecule has 0 radical (unpaired) electrons. The first-order valence-electron chi connectivity index (χ1n) is 3.65. The lowest BCUT2D eigenvalue weighted by atomic mass is 10.2. The van der Waals surface area contributed by atoms with E-state index in [1.807, 2.05) is 18.2 Å². The second-order valence-electron chi connectivity index (χ2n) is 2.23. The van der Waals surface area contributed by atoms with Crippen LogP contribution in [-0.2, 0) is 6.42 Å². The van der Waals surface area contributed by atoms with Crippen molar-refractivity contribution in [3.05, 3.63) is 35.9 Å². The van der Waals surface area contributed by atoms with E-state index in [1.54, 1.807) is 0 Å². The summed E-state index contributed by atoms with van der Waals surface area (Å²) < 4.78 is 24.5. The minimum absolute atomic E-state index is 0.740. The number of hydrogen-bond donors (Lipinski definition) is 2. The topological polar surface area (TPSA) is 92.4 Å². The summed E-state index contributed by atoms with van der Waals surface area (Å²) in [5.74, 6) is 0. The Kier molecular flexibility index (Phi) is 8.26. The van der Waals surface area contributed by atoms with Crippen molar-refractivity contribution in [1.29, 1.82) is 0 Å². The lowest BCUT2D eigenvalue weighted by molar-refractivity contribution is -1.63. The lowest BCUT2D eigenvalue weighted by Gasteiger charge is -1.93. The Hall–Kier alpha value is -0.210. The summed E-state index contributed by atoms with van der Waals surface area (Å²) in [7, 11) is 0. The Bertz CT molecular complexity index is 203. The third-order valence-electron chi connectivity index (χ3n) is 1.28. The number of nitrogens with two attached hydrogens (primary N) is 1. The third kappa shape index (κ3) is 9.71. The van der Waals surface area contributed by atoms with Gasteiger partial charge < -0.3 is 12.6 Å². The van der Waals surface area contributed by atoms with Crippen LogP contribution in [0.1, 0.15) is 5.56 Å². The van der Waals surface area contributed by atoms with Gasteiger partial charge in [0.15, 0.2) is 0 Å². The molecular weight excluding hydrogens is 285 g/mol. The molecule has 0 saturated carbocycles. The van der Waals surface area contributed by atoms with Crippen LogP contribution in [0.25, 0.3) is 0 Å². The maximum absolute atomic E-state index is 8.68. The van der Waals surface area contributed by atoms with Crippen LogP contribution < -0.4 is 33.7 Å². The van der Waals surface area contributed by atoms with E-state index < -0.39 is 21.1 Å². The molecule has 1 rings (SSSR count). The molecule has 5 heteroatoms. The first kappa shape index (κ1) is 12.8. The predicted octanol–water partition coefficient (Wildman–Crippen LogP) is -4.74. The van der Waals surface area contributed by atoms with Gasteiger partial charge in [0.25, 0.3) is 0 Å². The Morgan fingerprint density at radius 2 is 1.69 bits per heavy atom. The van der Waals surface area contributed by atoms with Crippen LogP contribution >= 0.6 is 0 Å². The molecule has 0 bridgehead atoms. The molecule has 0 fully saturated rings. The first-order valence-corrected chi connectivity index (χ1v) is 6.38. The van der Waals surface area contributed by atoms with Crippen molar-refractivity contribution < 1.29 is 31.4 Å². The fraction of sp³-hybridized carbons (Fsp3) is 0.250. The van der Waals surface area contributed by atoms with E-state index in [1.165, 1.54) is 5.56 Å². The maximum Gasteiger partial charge on any atom is 0.503 e. The van der Waals surface area contributed by atoms with E-state index in [2.05, 4.69) is 12.1 Å². The molecule has 0 aromatic heterocycles. The van der Waals surface area contributed by atoms with Gasteiger partial charge in [-0.25, -0.2) is 0 Å². The number of halogens is 1. The highest BCUT2D eigenvalue weighted by atomic mass is 127. The zero-order valence-electron chi connectivity index (χ0n) is 7.02. The van der Waals surface area contributed by atoms with E-state index >= 15 is 0 Å². The highest BCUT2D eigenvalue weighted by molar-refractivity contribution is 5.14. The van der Waals surface area contributed by atoms with Gasteiger partial charge in [0.05, 0.1) is 0 Å². The van der Waals surface area contributed by atoms with Crippen LogP contribution in [0.2, 0.25) is 0 Å². The Morgan fingerprint density at radius 3 is 2.08 bits per heavy atom. The van der Waals surface area contributed by atoms with Crippen molar-refractivity contribution in [2.75, 3.05) is 6.54 Å². The highest BCUT2D eigenvalue weighted by Gasteiger charge is 1.89. The van der Waals surface area contributed by atoms with E-state index in [-0.39, 0.29) is 0 Å². The van der Waals surface area contributed by atoms with Crippen LogP contribution in [0.15, 0.2) is 30.3 Å². The average molecular weight is 297 g/mol. The lowest BCUT2D eigenvalue weighted by Crippen LogP contribution is -3.98. The third-order valence-corrected chi connectivity index (χ3v) is 1.28. The molecule has 1 aromatic carbocycles. The molecule has 3 N–H and O–H groups in total. The molecular formula is C8H12INO3. The summed E-state index contributed by atoms with van der Waals surface area (Å²) in [6.45, 7) is 0.740. The standard InChI is InChI=1S/C8H11N.HIO3/c9-7-6-8-4-2-1-3-5-8;2-1(3)4/h1-5H,6-7,9H2;2H. The van der Waals surface area contributed by atoms with Gasteiger partial charge in [-0.1, -0.05) is 30.3 Å². The largest absolute Gasteiger partial charge is 0.503 e. The fourth-order valence-electron chi connectivity index (χ4n) is 0.811. The first-order chi connectivity index (χ1) is 6.16. The second-order valence-corrected chi connectivity index (χ2v) is 3.37. The van der Waals surface area contributed by atoms with Crippen molar-refractivity contribution in [2.45, 2.75) is 6.42 Å². The zero-order chi connectivity index (χ0) is 10.1. The van der Waals surface area contributed by atoms with Crippen LogP contribution in [0.3, 0.4) is 0 Å². The molecule has 0 spiro atoms. The molecule has 0 aliphatic rings. The van der Waals surface area contributed by atoms with Crippen molar-refractivity contribution >= 4 is 0 Å². The van der Waals surface area contributed by atoms with Gasteiger partial charge >= 0.3 is 21.1 Å². The van der Waals surface area contributed by atoms with Gasteiger partial charge in [-0.05, 0) is 22.0 Å². The summed E-state index contributed by atoms with van der Waals surface area (Å²) in [6.07, 6.45) is 0.987. The molecule has 0 aliphatic heterocycles. The molecule has 0 saturated heterocycles.